The number of hydrogen-bond acceptors (Lipinski definition) is 6. The second-order valence-corrected chi connectivity index (χ2v) is 5.77. The smallest absolute Gasteiger partial charge is 0.379 e. The molecule has 1 aliphatic carbocycles. The summed E-state index contributed by atoms with van der Waals surface area (Å²) in [6.45, 7) is 3.37. The minimum atomic E-state index is -0.885. The molecule has 2 heterocycles. The van der Waals surface area contributed by atoms with Gasteiger partial charge in [-0.2, -0.15) is 4.98 Å². The second kappa shape index (κ2) is 6.31. The Bertz CT molecular complexity index is 736. The number of hydrogen-bond donors (Lipinski definition) is 1. The third-order valence-electron chi connectivity index (χ3n) is 3.97. The van der Waals surface area contributed by atoms with Gasteiger partial charge in [-0.25, -0.2) is 14.3 Å². The van der Waals surface area contributed by atoms with Crippen molar-refractivity contribution >= 4 is 17.7 Å². The van der Waals surface area contributed by atoms with E-state index in [0.717, 1.165) is 31.4 Å². The van der Waals surface area contributed by atoms with Gasteiger partial charge in [0.1, 0.15) is 0 Å². The topological polar surface area (TPSA) is 98.5 Å². The molecule has 0 saturated heterocycles. The number of amides is 1. The van der Waals surface area contributed by atoms with Crippen molar-refractivity contribution < 1.29 is 14.3 Å². The molecule has 2 aromatic rings. The SMILES string of the molecule is Cc1ccnc2nc(C(=O)OC(C)C(=O)NC3CCCC3)nn12. The zero-order valence-electron chi connectivity index (χ0n) is 13.2. The van der Waals surface area contributed by atoms with Gasteiger partial charge in [0.25, 0.3) is 17.5 Å². The van der Waals surface area contributed by atoms with Crippen molar-refractivity contribution in [2.75, 3.05) is 0 Å². The number of ether oxygens (including phenoxy) is 1. The number of aryl methyl sites for hydroxylation is 1. The number of fused-ring (bicyclic) bond motifs is 1. The average Bonchev–Trinajstić information content (AvgIpc) is 3.16. The minimum absolute atomic E-state index is 0.104. The van der Waals surface area contributed by atoms with Crippen molar-refractivity contribution in [2.24, 2.45) is 0 Å². The van der Waals surface area contributed by atoms with Crippen molar-refractivity contribution in [2.45, 2.75) is 51.7 Å². The Morgan fingerprint density at radius 2 is 2.13 bits per heavy atom. The molecule has 0 radical (unpaired) electrons. The highest BCUT2D eigenvalue weighted by Crippen LogP contribution is 2.17. The summed E-state index contributed by atoms with van der Waals surface area (Å²) < 4.78 is 6.62. The standard InChI is InChI=1S/C15H19N5O3/c1-9-7-8-16-15-18-12(19-20(9)15)14(22)23-10(2)13(21)17-11-5-3-4-6-11/h7-8,10-11H,3-6H2,1-2H3,(H,17,21). The number of carbonyl (C=O) groups is 2. The van der Waals surface area contributed by atoms with Crippen LogP contribution in [0.1, 0.15) is 48.9 Å². The third-order valence-corrected chi connectivity index (χ3v) is 3.97. The summed E-state index contributed by atoms with van der Waals surface area (Å²) >= 11 is 0. The van der Waals surface area contributed by atoms with Crippen molar-refractivity contribution in [1.29, 1.82) is 0 Å². The molecule has 1 aliphatic rings. The van der Waals surface area contributed by atoms with E-state index >= 15 is 0 Å². The molecular weight excluding hydrogens is 298 g/mol. The molecule has 0 bridgehead atoms. The van der Waals surface area contributed by atoms with Gasteiger partial charge in [-0.15, -0.1) is 5.10 Å². The zero-order chi connectivity index (χ0) is 16.4. The first-order valence-electron chi connectivity index (χ1n) is 7.74. The Labute approximate surface area is 133 Å². The summed E-state index contributed by atoms with van der Waals surface area (Å²) in [5.41, 5.74) is 0.800. The number of carbonyl (C=O) groups excluding carboxylic acids is 2. The van der Waals surface area contributed by atoms with E-state index in [9.17, 15) is 9.59 Å². The van der Waals surface area contributed by atoms with E-state index in [1.165, 1.54) is 4.52 Å². The summed E-state index contributed by atoms with van der Waals surface area (Å²) in [6.07, 6.45) is 4.90. The predicted octanol–water partition coefficient (Wildman–Crippen LogP) is 1.04. The fraction of sp³-hybridized carbons (Fsp3) is 0.533. The lowest BCUT2D eigenvalue weighted by Crippen LogP contribution is -2.41. The molecule has 1 saturated carbocycles. The molecule has 23 heavy (non-hydrogen) atoms. The number of aromatic nitrogens is 4. The molecule has 0 spiro atoms. The lowest BCUT2D eigenvalue weighted by molar-refractivity contribution is -0.129. The van der Waals surface area contributed by atoms with Gasteiger partial charge in [0.2, 0.25) is 0 Å². The molecule has 1 unspecified atom stereocenters. The van der Waals surface area contributed by atoms with Crippen LogP contribution < -0.4 is 5.32 Å². The van der Waals surface area contributed by atoms with E-state index in [1.54, 1.807) is 19.2 Å². The minimum Gasteiger partial charge on any atom is -0.447 e. The lowest BCUT2D eigenvalue weighted by atomic mass is 10.2. The van der Waals surface area contributed by atoms with Crippen LogP contribution in [-0.4, -0.2) is 43.6 Å². The average molecular weight is 317 g/mol. The first kappa shape index (κ1) is 15.4. The van der Waals surface area contributed by atoms with Gasteiger partial charge in [-0.3, -0.25) is 4.79 Å². The monoisotopic (exact) mass is 317 g/mol. The number of esters is 1. The van der Waals surface area contributed by atoms with Crippen molar-refractivity contribution in [1.82, 2.24) is 24.9 Å². The summed E-state index contributed by atoms with van der Waals surface area (Å²) in [6, 6.07) is 1.94. The first-order valence-corrected chi connectivity index (χ1v) is 7.74. The number of nitrogens with zero attached hydrogens (tertiary/aromatic N) is 4. The zero-order valence-corrected chi connectivity index (χ0v) is 13.2. The van der Waals surface area contributed by atoms with Crippen LogP contribution >= 0.6 is 0 Å². The largest absolute Gasteiger partial charge is 0.447 e. The molecular formula is C15H19N5O3. The van der Waals surface area contributed by atoms with Crippen molar-refractivity contribution in [3.63, 3.8) is 0 Å². The molecule has 122 valence electrons. The van der Waals surface area contributed by atoms with Crippen LogP contribution in [0.4, 0.5) is 0 Å². The molecule has 0 aromatic carbocycles. The van der Waals surface area contributed by atoms with Gasteiger partial charge >= 0.3 is 5.97 Å². The predicted molar refractivity (Wildman–Crippen MR) is 80.8 cm³/mol. The van der Waals surface area contributed by atoms with Crippen LogP contribution in [0.25, 0.3) is 5.78 Å². The molecule has 1 amide bonds. The fourth-order valence-electron chi connectivity index (χ4n) is 2.65. The molecule has 3 rings (SSSR count). The highest BCUT2D eigenvalue weighted by Gasteiger charge is 2.25. The molecule has 8 nitrogen and oxygen atoms in total. The maximum absolute atomic E-state index is 12.1. The van der Waals surface area contributed by atoms with Crippen molar-refractivity contribution in [3.8, 4) is 0 Å². The number of nitrogens with one attached hydrogen (secondary N) is 1. The summed E-state index contributed by atoms with van der Waals surface area (Å²) in [4.78, 5) is 32.2. The van der Waals surface area contributed by atoms with E-state index in [2.05, 4.69) is 20.4 Å². The molecule has 1 fully saturated rings. The highest BCUT2D eigenvalue weighted by molar-refractivity contribution is 5.89. The number of rotatable bonds is 4. The molecule has 1 N–H and O–H groups in total. The van der Waals surface area contributed by atoms with Crippen molar-refractivity contribution in [3.05, 3.63) is 23.8 Å². The molecule has 8 heteroatoms. The van der Waals surface area contributed by atoms with Gasteiger partial charge < -0.3 is 10.1 Å². The third kappa shape index (κ3) is 3.30. The van der Waals surface area contributed by atoms with Gasteiger partial charge in [0.15, 0.2) is 6.10 Å². The van der Waals surface area contributed by atoms with Gasteiger partial charge in [-0.1, -0.05) is 12.8 Å². The lowest BCUT2D eigenvalue weighted by Gasteiger charge is -2.16. The first-order chi connectivity index (χ1) is 11.0. The van der Waals surface area contributed by atoms with Gasteiger partial charge in [0.05, 0.1) is 0 Å². The Kier molecular flexibility index (Phi) is 4.22. The Balaban J connectivity index is 1.65. The summed E-state index contributed by atoms with van der Waals surface area (Å²) in [5.74, 6) is -0.806. The van der Waals surface area contributed by atoms with Crippen LogP contribution in [-0.2, 0) is 9.53 Å². The molecule has 1 atom stereocenters. The molecule has 0 aliphatic heterocycles. The second-order valence-electron chi connectivity index (χ2n) is 5.77. The van der Waals surface area contributed by atoms with Crippen LogP contribution in [0.3, 0.4) is 0 Å². The normalized spacial score (nSPS) is 16.4. The van der Waals surface area contributed by atoms with E-state index in [4.69, 9.17) is 4.74 Å². The molecule has 2 aromatic heterocycles. The Hall–Kier alpha value is -2.51. The van der Waals surface area contributed by atoms with E-state index in [-0.39, 0.29) is 17.8 Å². The summed E-state index contributed by atoms with van der Waals surface area (Å²) in [5, 5.41) is 6.96. The quantitative estimate of drug-likeness (QED) is 0.846. The van der Waals surface area contributed by atoms with Crippen LogP contribution in [0.15, 0.2) is 12.3 Å². The van der Waals surface area contributed by atoms with E-state index in [0.29, 0.717) is 5.78 Å². The summed E-state index contributed by atoms with van der Waals surface area (Å²) in [7, 11) is 0. The van der Waals surface area contributed by atoms with Gasteiger partial charge in [0, 0.05) is 17.9 Å². The highest BCUT2D eigenvalue weighted by atomic mass is 16.5. The fourth-order valence-corrected chi connectivity index (χ4v) is 2.65. The maximum Gasteiger partial charge on any atom is 0.379 e. The van der Waals surface area contributed by atoms with Crippen LogP contribution in [0, 0.1) is 6.92 Å². The van der Waals surface area contributed by atoms with Crippen LogP contribution in [0.5, 0.6) is 0 Å². The maximum atomic E-state index is 12.1. The van der Waals surface area contributed by atoms with Gasteiger partial charge in [-0.05, 0) is 32.8 Å². The van der Waals surface area contributed by atoms with Crippen LogP contribution in [0.2, 0.25) is 0 Å². The van der Waals surface area contributed by atoms with E-state index < -0.39 is 12.1 Å². The Morgan fingerprint density at radius 3 is 2.83 bits per heavy atom. The Morgan fingerprint density at radius 1 is 1.39 bits per heavy atom. The van der Waals surface area contributed by atoms with E-state index in [1.807, 2.05) is 6.92 Å².